The summed E-state index contributed by atoms with van der Waals surface area (Å²) in [5, 5.41) is 14.1. The Kier molecular flexibility index (Phi) is 4.24. The third-order valence-electron chi connectivity index (χ3n) is 2.24. The fourth-order valence-corrected chi connectivity index (χ4v) is 2.08. The zero-order chi connectivity index (χ0) is 14.0. The molecular formula is C10H6BrIN4O3. The predicted octanol–water partition coefficient (Wildman–Crippen LogP) is 2.44. The van der Waals surface area contributed by atoms with Crippen LogP contribution < -0.4 is 0 Å². The minimum absolute atomic E-state index is 0.109. The van der Waals surface area contributed by atoms with E-state index in [-0.39, 0.29) is 17.1 Å². The molecule has 0 amide bonds. The van der Waals surface area contributed by atoms with Crippen LogP contribution in [0.15, 0.2) is 29.0 Å². The van der Waals surface area contributed by atoms with Crippen molar-refractivity contribution in [3.8, 4) is 0 Å². The standard InChI is InChI=1S/C10H6BrIN4O3/c11-9-13-10(16(18)19)14-15(9)5-8(17)6-1-3-7(12)4-2-6/h1-4H,5H2. The lowest BCUT2D eigenvalue weighted by Crippen LogP contribution is -2.12. The van der Waals surface area contributed by atoms with Crippen LogP contribution in [0.2, 0.25) is 0 Å². The van der Waals surface area contributed by atoms with E-state index >= 15 is 0 Å². The average Bonchev–Trinajstić information content (AvgIpc) is 2.72. The van der Waals surface area contributed by atoms with Crippen molar-refractivity contribution < 1.29 is 9.72 Å². The fourth-order valence-electron chi connectivity index (χ4n) is 1.35. The summed E-state index contributed by atoms with van der Waals surface area (Å²) in [6.45, 7) is -0.109. The average molecular weight is 437 g/mol. The van der Waals surface area contributed by atoms with Crippen molar-refractivity contribution in [2.24, 2.45) is 0 Å². The van der Waals surface area contributed by atoms with Gasteiger partial charge in [-0.05, 0) is 44.6 Å². The fraction of sp³-hybridized carbons (Fsp3) is 0.100. The second-order valence-corrected chi connectivity index (χ2v) is 5.48. The highest BCUT2D eigenvalue weighted by Gasteiger charge is 2.21. The van der Waals surface area contributed by atoms with E-state index in [1.807, 2.05) is 12.1 Å². The molecule has 9 heteroatoms. The first kappa shape index (κ1) is 14.1. The van der Waals surface area contributed by atoms with Gasteiger partial charge < -0.3 is 10.1 Å². The van der Waals surface area contributed by atoms with Crippen molar-refractivity contribution in [3.05, 3.63) is 48.2 Å². The molecule has 0 aliphatic heterocycles. The van der Waals surface area contributed by atoms with Crippen molar-refractivity contribution >= 4 is 50.3 Å². The van der Waals surface area contributed by atoms with Gasteiger partial charge in [-0.25, -0.2) is 0 Å². The Morgan fingerprint density at radius 2 is 2.05 bits per heavy atom. The lowest BCUT2D eigenvalue weighted by Gasteiger charge is -1.99. The number of Topliss-reactive ketones (excluding diaryl/α,β-unsaturated/α-hetero) is 1. The maximum atomic E-state index is 12.0. The Bertz CT molecular complexity index is 641. The largest absolute Gasteiger partial charge is 0.492 e. The smallest absolute Gasteiger partial charge is 0.390 e. The number of ketones is 1. The van der Waals surface area contributed by atoms with Gasteiger partial charge in [0.15, 0.2) is 5.78 Å². The molecule has 0 fully saturated rings. The highest BCUT2D eigenvalue weighted by molar-refractivity contribution is 14.1. The second kappa shape index (κ2) is 5.74. The molecule has 2 aromatic rings. The number of hydrogen-bond donors (Lipinski definition) is 0. The first-order valence-electron chi connectivity index (χ1n) is 5.01. The van der Waals surface area contributed by atoms with Crippen molar-refractivity contribution in [1.29, 1.82) is 0 Å². The monoisotopic (exact) mass is 436 g/mol. The minimum Gasteiger partial charge on any atom is -0.390 e. The van der Waals surface area contributed by atoms with Crippen LogP contribution in [0.25, 0.3) is 0 Å². The second-order valence-electron chi connectivity index (χ2n) is 3.53. The van der Waals surface area contributed by atoms with Gasteiger partial charge in [-0.15, -0.1) is 0 Å². The van der Waals surface area contributed by atoms with Crippen LogP contribution in [-0.4, -0.2) is 25.5 Å². The van der Waals surface area contributed by atoms with E-state index in [0.29, 0.717) is 5.56 Å². The van der Waals surface area contributed by atoms with Gasteiger partial charge in [0.2, 0.25) is 0 Å². The first-order chi connectivity index (χ1) is 8.97. The Hall–Kier alpha value is -1.36. The summed E-state index contributed by atoms with van der Waals surface area (Å²) in [5.41, 5.74) is 0.519. The summed E-state index contributed by atoms with van der Waals surface area (Å²) in [6.07, 6.45) is 0. The maximum absolute atomic E-state index is 12.0. The predicted molar refractivity (Wildman–Crippen MR) is 77.9 cm³/mol. The molecule has 19 heavy (non-hydrogen) atoms. The highest BCUT2D eigenvalue weighted by Crippen LogP contribution is 2.14. The topological polar surface area (TPSA) is 90.9 Å². The molecule has 0 N–H and O–H groups in total. The number of benzene rings is 1. The van der Waals surface area contributed by atoms with E-state index in [9.17, 15) is 14.9 Å². The molecule has 0 radical (unpaired) electrons. The molecule has 0 unspecified atom stereocenters. The molecule has 1 heterocycles. The van der Waals surface area contributed by atoms with Gasteiger partial charge in [-0.3, -0.25) is 4.79 Å². The van der Waals surface area contributed by atoms with Crippen LogP contribution >= 0.6 is 38.5 Å². The summed E-state index contributed by atoms with van der Waals surface area (Å²) >= 11 is 5.17. The third-order valence-corrected chi connectivity index (χ3v) is 3.54. The molecule has 0 aliphatic carbocycles. The maximum Gasteiger partial charge on any atom is 0.492 e. The lowest BCUT2D eigenvalue weighted by atomic mass is 10.1. The van der Waals surface area contributed by atoms with Gasteiger partial charge in [0, 0.05) is 30.2 Å². The molecule has 98 valence electrons. The van der Waals surface area contributed by atoms with Crippen LogP contribution in [0.4, 0.5) is 5.95 Å². The van der Waals surface area contributed by atoms with E-state index in [0.717, 1.165) is 8.25 Å². The van der Waals surface area contributed by atoms with Gasteiger partial charge in [0.1, 0.15) is 6.54 Å². The SMILES string of the molecule is O=C(Cn1nc([N+](=O)[O-])nc1Br)c1ccc(I)cc1. The van der Waals surface area contributed by atoms with Gasteiger partial charge in [0.05, 0.1) is 0 Å². The summed E-state index contributed by atoms with van der Waals surface area (Å²) in [7, 11) is 0. The van der Waals surface area contributed by atoms with Gasteiger partial charge >= 0.3 is 5.95 Å². The molecule has 2 rings (SSSR count). The van der Waals surface area contributed by atoms with Gasteiger partial charge in [-0.1, -0.05) is 12.1 Å². The van der Waals surface area contributed by atoms with Crippen LogP contribution in [-0.2, 0) is 6.54 Å². The Balaban J connectivity index is 2.19. The van der Waals surface area contributed by atoms with E-state index in [1.54, 1.807) is 12.1 Å². The van der Waals surface area contributed by atoms with E-state index in [1.165, 1.54) is 0 Å². The molecule has 0 atom stereocenters. The lowest BCUT2D eigenvalue weighted by molar-refractivity contribution is -0.394. The molecule has 1 aromatic carbocycles. The van der Waals surface area contributed by atoms with E-state index in [2.05, 4.69) is 48.6 Å². The zero-order valence-electron chi connectivity index (χ0n) is 9.29. The summed E-state index contributed by atoms with van der Waals surface area (Å²) in [6, 6.07) is 7.02. The third kappa shape index (κ3) is 3.35. The molecule has 0 saturated heterocycles. The molecule has 7 nitrogen and oxygen atoms in total. The molecule has 0 bridgehead atoms. The van der Waals surface area contributed by atoms with E-state index < -0.39 is 10.9 Å². The number of carbonyl (C=O) groups excluding carboxylic acids is 1. The van der Waals surface area contributed by atoms with Crippen molar-refractivity contribution in [2.75, 3.05) is 0 Å². The summed E-state index contributed by atoms with van der Waals surface area (Å²) in [5.74, 6) is -0.737. The molecular weight excluding hydrogens is 431 g/mol. The number of nitrogens with zero attached hydrogens (tertiary/aromatic N) is 4. The van der Waals surface area contributed by atoms with Crippen molar-refractivity contribution in [2.45, 2.75) is 6.54 Å². The van der Waals surface area contributed by atoms with Crippen molar-refractivity contribution in [1.82, 2.24) is 14.8 Å². The quantitative estimate of drug-likeness (QED) is 0.317. The molecule has 1 aromatic heterocycles. The summed E-state index contributed by atoms with van der Waals surface area (Å²) < 4.78 is 2.32. The number of halogens is 2. The Labute approximate surface area is 129 Å². The number of hydrogen-bond acceptors (Lipinski definition) is 5. The molecule has 0 aliphatic rings. The number of aromatic nitrogens is 3. The summed E-state index contributed by atoms with van der Waals surface area (Å²) in [4.78, 5) is 25.4. The van der Waals surface area contributed by atoms with Crippen LogP contribution in [0.3, 0.4) is 0 Å². The van der Waals surface area contributed by atoms with Crippen LogP contribution in [0, 0.1) is 13.7 Å². The van der Waals surface area contributed by atoms with Gasteiger partial charge in [-0.2, -0.15) is 4.68 Å². The molecule has 0 saturated carbocycles. The highest BCUT2D eigenvalue weighted by atomic mass is 127. The Morgan fingerprint density at radius 3 is 2.58 bits per heavy atom. The minimum atomic E-state index is -0.712. The van der Waals surface area contributed by atoms with E-state index in [4.69, 9.17) is 0 Å². The Morgan fingerprint density at radius 1 is 1.42 bits per heavy atom. The number of nitro groups is 1. The van der Waals surface area contributed by atoms with Crippen LogP contribution in [0.5, 0.6) is 0 Å². The van der Waals surface area contributed by atoms with Crippen molar-refractivity contribution in [3.63, 3.8) is 0 Å². The van der Waals surface area contributed by atoms with Crippen LogP contribution in [0.1, 0.15) is 10.4 Å². The first-order valence-corrected chi connectivity index (χ1v) is 6.88. The normalized spacial score (nSPS) is 10.4. The molecule has 0 spiro atoms. The number of rotatable bonds is 4. The van der Waals surface area contributed by atoms with Gasteiger partial charge in [0.25, 0.3) is 4.73 Å². The number of carbonyl (C=O) groups is 1. The zero-order valence-corrected chi connectivity index (χ0v) is 13.0.